The van der Waals surface area contributed by atoms with E-state index < -0.39 is 0 Å². The Balaban J connectivity index is 1.92. The van der Waals surface area contributed by atoms with Gasteiger partial charge in [-0.2, -0.15) is 0 Å². The van der Waals surface area contributed by atoms with Gasteiger partial charge >= 0.3 is 0 Å². The van der Waals surface area contributed by atoms with Gasteiger partial charge in [-0.25, -0.2) is 0 Å². The van der Waals surface area contributed by atoms with Crippen molar-refractivity contribution in [1.29, 1.82) is 0 Å². The van der Waals surface area contributed by atoms with Crippen LogP contribution < -0.4 is 15.2 Å². The van der Waals surface area contributed by atoms with Crippen molar-refractivity contribution >= 4 is 0 Å². The van der Waals surface area contributed by atoms with Crippen LogP contribution >= 0.6 is 0 Å². The van der Waals surface area contributed by atoms with Crippen LogP contribution in [0.15, 0.2) is 18.2 Å². The van der Waals surface area contributed by atoms with Gasteiger partial charge in [0, 0.05) is 30.9 Å². The minimum Gasteiger partial charge on any atom is -0.497 e. The van der Waals surface area contributed by atoms with Crippen LogP contribution in [0.3, 0.4) is 0 Å². The molecular weight excluding hydrogens is 254 g/mol. The highest BCUT2D eigenvalue weighted by Crippen LogP contribution is 2.46. The molecule has 2 N–H and O–H groups in total. The predicted octanol–water partition coefficient (Wildman–Crippen LogP) is 2.80. The van der Waals surface area contributed by atoms with Crippen molar-refractivity contribution in [2.45, 2.75) is 57.0 Å². The maximum atomic E-state index is 6.39. The van der Waals surface area contributed by atoms with Crippen molar-refractivity contribution in [2.75, 3.05) is 7.11 Å². The predicted molar refractivity (Wildman–Crippen MR) is 77.1 cm³/mol. The second kappa shape index (κ2) is 4.93. The first-order chi connectivity index (χ1) is 9.51. The summed E-state index contributed by atoms with van der Waals surface area (Å²) >= 11 is 0. The van der Waals surface area contributed by atoms with Gasteiger partial charge in [-0.3, -0.25) is 0 Å². The molecule has 0 aromatic heterocycles. The Kier molecular flexibility index (Phi) is 3.38. The molecule has 1 aromatic carbocycles. The maximum absolute atomic E-state index is 6.39. The molecule has 1 saturated heterocycles. The summed E-state index contributed by atoms with van der Waals surface area (Å²) in [5.74, 6) is 1.72. The van der Waals surface area contributed by atoms with Gasteiger partial charge < -0.3 is 19.9 Å². The number of benzene rings is 1. The Labute approximate surface area is 120 Å². The second-order valence-corrected chi connectivity index (χ2v) is 6.17. The summed E-state index contributed by atoms with van der Waals surface area (Å²) in [6.07, 6.45) is 3.06. The van der Waals surface area contributed by atoms with Crippen molar-refractivity contribution in [1.82, 2.24) is 0 Å². The molecule has 0 saturated carbocycles. The first-order valence-electron chi connectivity index (χ1n) is 7.29. The molecule has 1 aromatic rings. The van der Waals surface area contributed by atoms with Crippen molar-refractivity contribution < 1.29 is 14.2 Å². The van der Waals surface area contributed by atoms with E-state index in [9.17, 15) is 0 Å². The van der Waals surface area contributed by atoms with Crippen LogP contribution in [0.2, 0.25) is 0 Å². The van der Waals surface area contributed by atoms with Crippen LogP contribution in [-0.4, -0.2) is 24.9 Å². The fourth-order valence-corrected chi connectivity index (χ4v) is 3.70. The summed E-state index contributed by atoms with van der Waals surface area (Å²) < 4.78 is 17.5. The standard InChI is InChI=1S/C16H23NO3/c1-10-7-16(8-11(2)19-10)9-14(17)13-6-12(18-3)4-5-15(13)20-16/h4-6,10-11,14H,7-9,17H2,1-3H3/t10?,11?,14-,16?/m1/s1. The summed E-state index contributed by atoms with van der Waals surface area (Å²) in [7, 11) is 1.67. The zero-order valence-corrected chi connectivity index (χ0v) is 12.4. The van der Waals surface area contributed by atoms with Gasteiger partial charge in [-0.05, 0) is 32.0 Å². The SMILES string of the molecule is COc1ccc2c(c1)[C@H](N)CC1(CC(C)OC(C)C1)O2. The zero-order chi connectivity index (χ0) is 14.3. The van der Waals surface area contributed by atoms with E-state index in [1.54, 1.807) is 7.11 Å². The molecule has 0 aliphatic carbocycles. The highest BCUT2D eigenvalue weighted by atomic mass is 16.5. The average Bonchev–Trinajstić information content (AvgIpc) is 2.36. The van der Waals surface area contributed by atoms with Crippen molar-refractivity contribution in [2.24, 2.45) is 5.73 Å². The lowest BCUT2D eigenvalue weighted by Gasteiger charge is -2.47. The molecule has 0 bridgehead atoms. The first-order valence-corrected chi connectivity index (χ1v) is 7.29. The average molecular weight is 277 g/mol. The molecule has 2 unspecified atom stereocenters. The number of hydrogen-bond acceptors (Lipinski definition) is 4. The van der Waals surface area contributed by atoms with Crippen LogP contribution in [0.4, 0.5) is 0 Å². The fourth-order valence-electron chi connectivity index (χ4n) is 3.70. The molecule has 2 aliphatic heterocycles. The first kappa shape index (κ1) is 13.7. The molecule has 1 spiro atoms. The lowest BCUT2D eigenvalue weighted by atomic mass is 9.79. The molecule has 3 atom stereocenters. The van der Waals surface area contributed by atoms with E-state index in [1.165, 1.54) is 0 Å². The Morgan fingerprint density at radius 3 is 2.55 bits per heavy atom. The van der Waals surface area contributed by atoms with Gasteiger partial charge in [0.1, 0.15) is 17.1 Å². The highest BCUT2D eigenvalue weighted by Gasteiger charge is 2.45. The highest BCUT2D eigenvalue weighted by molar-refractivity contribution is 5.44. The summed E-state index contributed by atoms with van der Waals surface area (Å²) in [6, 6.07) is 5.88. The van der Waals surface area contributed by atoms with Crippen LogP contribution in [0.25, 0.3) is 0 Å². The number of ether oxygens (including phenoxy) is 3. The zero-order valence-electron chi connectivity index (χ0n) is 12.4. The Morgan fingerprint density at radius 1 is 1.20 bits per heavy atom. The van der Waals surface area contributed by atoms with E-state index >= 15 is 0 Å². The van der Waals surface area contributed by atoms with E-state index in [4.69, 9.17) is 19.9 Å². The third-order valence-corrected chi connectivity index (χ3v) is 4.32. The lowest BCUT2D eigenvalue weighted by molar-refractivity contribution is -0.129. The Morgan fingerprint density at radius 2 is 1.90 bits per heavy atom. The van der Waals surface area contributed by atoms with Crippen LogP contribution in [-0.2, 0) is 4.74 Å². The van der Waals surface area contributed by atoms with E-state index in [0.717, 1.165) is 36.3 Å². The minimum atomic E-state index is -0.182. The van der Waals surface area contributed by atoms with Crippen molar-refractivity contribution in [3.63, 3.8) is 0 Å². The molecule has 20 heavy (non-hydrogen) atoms. The monoisotopic (exact) mass is 277 g/mol. The van der Waals surface area contributed by atoms with Crippen LogP contribution in [0.5, 0.6) is 11.5 Å². The molecule has 110 valence electrons. The van der Waals surface area contributed by atoms with Gasteiger partial charge in [-0.15, -0.1) is 0 Å². The van der Waals surface area contributed by atoms with Crippen LogP contribution in [0.1, 0.15) is 44.7 Å². The van der Waals surface area contributed by atoms with Gasteiger partial charge in [-0.1, -0.05) is 0 Å². The lowest BCUT2D eigenvalue weighted by Crippen LogP contribution is -2.51. The quantitative estimate of drug-likeness (QED) is 0.857. The normalized spacial score (nSPS) is 36.3. The summed E-state index contributed by atoms with van der Waals surface area (Å²) in [5.41, 5.74) is 7.25. The molecule has 2 heterocycles. The van der Waals surface area contributed by atoms with Crippen LogP contribution in [0, 0.1) is 0 Å². The van der Waals surface area contributed by atoms with Crippen molar-refractivity contribution in [3.05, 3.63) is 23.8 Å². The van der Waals surface area contributed by atoms with E-state index in [1.807, 2.05) is 18.2 Å². The van der Waals surface area contributed by atoms with Gasteiger partial charge in [0.2, 0.25) is 0 Å². The van der Waals surface area contributed by atoms with Gasteiger partial charge in [0.15, 0.2) is 0 Å². The summed E-state index contributed by atoms with van der Waals surface area (Å²) in [6.45, 7) is 4.21. The summed E-state index contributed by atoms with van der Waals surface area (Å²) in [5, 5.41) is 0. The fraction of sp³-hybridized carbons (Fsp3) is 0.625. The number of hydrogen-bond donors (Lipinski definition) is 1. The molecule has 3 rings (SSSR count). The van der Waals surface area contributed by atoms with Gasteiger partial charge in [0.05, 0.1) is 19.3 Å². The van der Waals surface area contributed by atoms with E-state index in [0.29, 0.717) is 0 Å². The Hall–Kier alpha value is -1.26. The minimum absolute atomic E-state index is 0.00801. The molecule has 0 amide bonds. The molecule has 4 heteroatoms. The van der Waals surface area contributed by atoms with E-state index in [-0.39, 0.29) is 23.9 Å². The molecular formula is C16H23NO3. The molecule has 0 radical (unpaired) electrons. The van der Waals surface area contributed by atoms with Crippen molar-refractivity contribution in [3.8, 4) is 11.5 Å². The third kappa shape index (κ3) is 2.38. The Bertz CT molecular complexity index is 492. The molecule has 4 nitrogen and oxygen atoms in total. The number of fused-ring (bicyclic) bond motifs is 1. The van der Waals surface area contributed by atoms with E-state index in [2.05, 4.69) is 13.8 Å². The number of nitrogens with two attached hydrogens (primary N) is 1. The maximum Gasteiger partial charge on any atom is 0.125 e. The summed E-state index contributed by atoms with van der Waals surface area (Å²) in [4.78, 5) is 0. The second-order valence-electron chi connectivity index (χ2n) is 6.17. The topological polar surface area (TPSA) is 53.7 Å². The molecule has 1 fully saturated rings. The largest absolute Gasteiger partial charge is 0.497 e. The molecule has 2 aliphatic rings. The third-order valence-electron chi connectivity index (χ3n) is 4.32. The number of rotatable bonds is 1. The number of methoxy groups -OCH3 is 1. The van der Waals surface area contributed by atoms with Gasteiger partial charge in [0.25, 0.3) is 0 Å². The smallest absolute Gasteiger partial charge is 0.125 e.